The highest BCUT2D eigenvalue weighted by atomic mass is 17.1. The normalized spacial score (nSPS) is 12.3. The van der Waals surface area contributed by atoms with Gasteiger partial charge in [0.2, 0.25) is 0 Å². The highest BCUT2D eigenvalue weighted by Gasteiger charge is 2.28. The largest absolute Gasteiger partial charge is 0.480 e. The van der Waals surface area contributed by atoms with Crippen LogP contribution >= 0.6 is 0 Å². The van der Waals surface area contributed by atoms with E-state index in [9.17, 15) is 14.4 Å². The van der Waals surface area contributed by atoms with Crippen molar-refractivity contribution in [3.63, 3.8) is 0 Å². The van der Waals surface area contributed by atoms with Gasteiger partial charge >= 0.3 is 17.9 Å². The van der Waals surface area contributed by atoms with E-state index in [1.807, 2.05) is 0 Å². The van der Waals surface area contributed by atoms with E-state index < -0.39 is 37.0 Å². The van der Waals surface area contributed by atoms with Crippen LogP contribution in [0.4, 0.5) is 0 Å². The molecular weight excluding hydrogens is 250 g/mol. The molecule has 1 atom stereocenters. The molecule has 0 aromatic rings. The van der Waals surface area contributed by atoms with Gasteiger partial charge < -0.3 is 15.3 Å². The Hall–Kier alpha value is -1.71. The molecule has 0 amide bonds. The van der Waals surface area contributed by atoms with Gasteiger partial charge in [0.25, 0.3) is 0 Å². The van der Waals surface area contributed by atoms with Crippen molar-refractivity contribution in [2.24, 2.45) is 0 Å². The molecule has 0 aromatic carbocycles. The second kappa shape index (κ2) is 8.39. The summed E-state index contributed by atoms with van der Waals surface area (Å²) >= 11 is 0. The van der Waals surface area contributed by atoms with Crippen LogP contribution in [0.1, 0.15) is 12.8 Å². The maximum absolute atomic E-state index is 11.0. The van der Waals surface area contributed by atoms with Gasteiger partial charge in [0, 0.05) is 0 Å². The lowest BCUT2D eigenvalue weighted by atomic mass is 10.1. The Labute approximate surface area is 102 Å². The summed E-state index contributed by atoms with van der Waals surface area (Å²) in [6.07, 6.45) is 0.125. The predicted octanol–water partition coefficient (Wildman–Crippen LogP) is -0.819. The lowest BCUT2D eigenvalue weighted by Crippen LogP contribution is -2.46. The van der Waals surface area contributed by atoms with E-state index in [4.69, 9.17) is 20.6 Å². The topological polar surface area (TPSA) is 145 Å². The van der Waals surface area contributed by atoms with E-state index in [0.29, 0.717) is 0 Å². The van der Waals surface area contributed by atoms with Gasteiger partial charge in [-0.25, -0.2) is 4.89 Å². The minimum atomic E-state index is -1.32. The molecule has 9 nitrogen and oxygen atoms in total. The average Bonchev–Trinajstić information content (AvgIpc) is 2.21. The zero-order chi connectivity index (χ0) is 14.1. The van der Waals surface area contributed by atoms with Crippen LogP contribution in [0.15, 0.2) is 0 Å². The highest BCUT2D eigenvalue weighted by Crippen LogP contribution is 2.08. The quantitative estimate of drug-likeness (QED) is 0.226. The molecule has 1 unspecified atom stereocenters. The van der Waals surface area contributed by atoms with Crippen molar-refractivity contribution in [3.05, 3.63) is 0 Å². The summed E-state index contributed by atoms with van der Waals surface area (Å²) in [5.41, 5.74) is 0. The fourth-order valence-corrected chi connectivity index (χ4v) is 1.43. The van der Waals surface area contributed by atoms with Gasteiger partial charge in [-0.2, -0.15) is 0 Å². The second-order valence-corrected chi connectivity index (χ2v) is 3.52. The van der Waals surface area contributed by atoms with Gasteiger partial charge in [-0.3, -0.25) is 24.5 Å². The van der Waals surface area contributed by atoms with E-state index in [-0.39, 0.29) is 19.4 Å². The number of hydrogen-bond donors (Lipinski definition) is 4. The van der Waals surface area contributed by atoms with Crippen LogP contribution < -0.4 is 0 Å². The number of rotatable bonds is 10. The molecule has 0 bridgehead atoms. The summed E-state index contributed by atoms with van der Waals surface area (Å²) in [4.78, 5) is 36.7. The first-order chi connectivity index (χ1) is 8.38. The molecule has 0 aliphatic heterocycles. The van der Waals surface area contributed by atoms with Crippen molar-refractivity contribution < 1.29 is 39.8 Å². The Morgan fingerprint density at radius 2 is 1.56 bits per heavy atom. The summed E-state index contributed by atoms with van der Waals surface area (Å²) in [7, 11) is 0. The Morgan fingerprint density at radius 3 is 1.89 bits per heavy atom. The smallest absolute Gasteiger partial charge is 0.320 e. The molecule has 0 radical (unpaired) electrons. The number of nitrogens with zero attached hydrogens (tertiary/aromatic N) is 1. The summed E-state index contributed by atoms with van der Waals surface area (Å²) in [5.74, 6) is -3.96. The fraction of sp³-hybridized carbons (Fsp3) is 0.667. The molecule has 9 heteroatoms. The minimum Gasteiger partial charge on any atom is -0.480 e. The van der Waals surface area contributed by atoms with Crippen LogP contribution in [-0.4, -0.2) is 69.1 Å². The maximum Gasteiger partial charge on any atom is 0.320 e. The Bertz CT molecular complexity index is 289. The van der Waals surface area contributed by atoms with Crippen molar-refractivity contribution >= 4 is 17.9 Å². The van der Waals surface area contributed by atoms with Crippen LogP contribution in [0.2, 0.25) is 0 Å². The molecule has 0 saturated carbocycles. The lowest BCUT2D eigenvalue weighted by Gasteiger charge is -2.25. The molecule has 0 spiro atoms. The summed E-state index contributed by atoms with van der Waals surface area (Å²) in [5, 5.41) is 34.2. The molecule has 0 fully saturated rings. The summed E-state index contributed by atoms with van der Waals surface area (Å²) < 4.78 is 0. The zero-order valence-electron chi connectivity index (χ0n) is 9.48. The van der Waals surface area contributed by atoms with E-state index in [1.54, 1.807) is 0 Å². The van der Waals surface area contributed by atoms with E-state index in [2.05, 4.69) is 4.89 Å². The van der Waals surface area contributed by atoms with E-state index >= 15 is 0 Å². The van der Waals surface area contributed by atoms with E-state index in [0.717, 1.165) is 4.90 Å². The van der Waals surface area contributed by atoms with E-state index in [1.165, 1.54) is 0 Å². The van der Waals surface area contributed by atoms with Gasteiger partial charge in [-0.05, 0) is 12.8 Å². The molecule has 0 heterocycles. The first-order valence-electron chi connectivity index (χ1n) is 5.05. The first kappa shape index (κ1) is 16.3. The molecule has 0 rings (SSSR count). The molecule has 18 heavy (non-hydrogen) atoms. The maximum atomic E-state index is 11.0. The van der Waals surface area contributed by atoms with Gasteiger partial charge in [-0.1, -0.05) is 0 Å². The standard InChI is InChI=1S/C9H15NO8/c11-7(12)4-10(5-8(13)14)6(9(15)16)2-1-3-18-17/h6,17H,1-5H2,(H,11,12)(H,13,14)(H,15,16). The van der Waals surface area contributed by atoms with Gasteiger partial charge in [0.15, 0.2) is 0 Å². The molecule has 0 aliphatic carbocycles. The third-order valence-corrected chi connectivity index (χ3v) is 2.12. The lowest BCUT2D eigenvalue weighted by molar-refractivity contribution is -0.243. The molecule has 104 valence electrons. The van der Waals surface area contributed by atoms with Gasteiger partial charge in [0.05, 0.1) is 19.7 Å². The third-order valence-electron chi connectivity index (χ3n) is 2.12. The number of hydrogen-bond acceptors (Lipinski definition) is 6. The molecule has 0 aliphatic rings. The molecular formula is C9H15NO8. The third kappa shape index (κ3) is 6.78. The number of carbonyl (C=O) groups is 3. The fourth-order valence-electron chi connectivity index (χ4n) is 1.43. The number of carboxylic acid groups (broad SMARTS) is 3. The van der Waals surface area contributed by atoms with Gasteiger partial charge in [0.1, 0.15) is 6.04 Å². The molecule has 0 aromatic heterocycles. The van der Waals surface area contributed by atoms with Crippen LogP contribution in [0.25, 0.3) is 0 Å². The number of aliphatic carboxylic acids is 3. The Morgan fingerprint density at radius 1 is 1.06 bits per heavy atom. The first-order valence-corrected chi connectivity index (χ1v) is 5.05. The second-order valence-electron chi connectivity index (χ2n) is 3.52. The van der Waals surface area contributed by atoms with Crippen molar-refractivity contribution in [2.45, 2.75) is 18.9 Å². The SMILES string of the molecule is O=C(O)CN(CC(=O)O)C(CCCOO)C(=O)O. The predicted molar refractivity (Wildman–Crippen MR) is 56.1 cm³/mol. The van der Waals surface area contributed by atoms with Crippen LogP contribution in [-0.2, 0) is 19.3 Å². The highest BCUT2D eigenvalue weighted by molar-refractivity contribution is 5.78. The van der Waals surface area contributed by atoms with Crippen molar-refractivity contribution in [2.75, 3.05) is 19.7 Å². The molecule has 0 saturated heterocycles. The minimum absolute atomic E-state index is 0.0313. The summed E-state index contributed by atoms with van der Waals surface area (Å²) in [6, 6.07) is -1.26. The van der Waals surface area contributed by atoms with Crippen LogP contribution in [0.3, 0.4) is 0 Å². The number of carboxylic acids is 3. The zero-order valence-corrected chi connectivity index (χ0v) is 9.48. The van der Waals surface area contributed by atoms with Crippen molar-refractivity contribution in [1.82, 2.24) is 4.90 Å². The average molecular weight is 265 g/mol. The van der Waals surface area contributed by atoms with Gasteiger partial charge in [-0.15, -0.1) is 0 Å². The molecule has 4 N–H and O–H groups in total. The van der Waals surface area contributed by atoms with Crippen LogP contribution in [0, 0.1) is 0 Å². The van der Waals surface area contributed by atoms with Crippen LogP contribution in [0.5, 0.6) is 0 Å². The Balaban J connectivity index is 4.67. The Kier molecular flexibility index (Phi) is 7.59. The van der Waals surface area contributed by atoms with Crippen molar-refractivity contribution in [3.8, 4) is 0 Å². The summed E-state index contributed by atoms with van der Waals surface area (Å²) in [6.45, 7) is -1.50. The van der Waals surface area contributed by atoms with Crippen molar-refractivity contribution in [1.29, 1.82) is 0 Å². The monoisotopic (exact) mass is 265 g/mol.